The standard InChI is InChI=1S/C40H40N4O6/c45-35(29-9-3-1-4-10-29)39(49)43-25-7-13-33(43)37(47)41-31-21-17-27(18-22-31)15-16-28-19-23-32(24-20-28)42-38(48)34-14-8-26-44(34)40(50)36(46)30-11-5-2-6-12-30/h1-6,9-12,15-24,33-36,45-46H,7-8,13-14,25-26H2,(H,41,47)(H,42,48)/t33-,34-,35+,36+/m0/s1. The van der Waals surface area contributed by atoms with Gasteiger partial charge < -0.3 is 30.6 Å². The highest BCUT2D eigenvalue weighted by Crippen LogP contribution is 2.26. The third kappa shape index (κ3) is 7.99. The van der Waals surface area contributed by atoms with Crippen molar-refractivity contribution in [2.24, 2.45) is 0 Å². The molecule has 4 amide bonds. The van der Waals surface area contributed by atoms with Gasteiger partial charge in [0.2, 0.25) is 11.8 Å². The maximum atomic E-state index is 13.1. The summed E-state index contributed by atoms with van der Waals surface area (Å²) in [7, 11) is 0. The van der Waals surface area contributed by atoms with Gasteiger partial charge in [0.1, 0.15) is 12.1 Å². The molecular formula is C40H40N4O6. The molecule has 0 spiro atoms. The molecule has 10 heteroatoms. The molecule has 0 saturated carbocycles. The van der Waals surface area contributed by atoms with E-state index in [1.54, 1.807) is 72.8 Å². The molecule has 0 unspecified atom stereocenters. The summed E-state index contributed by atoms with van der Waals surface area (Å²) < 4.78 is 0. The predicted octanol–water partition coefficient (Wildman–Crippen LogP) is 5.18. The van der Waals surface area contributed by atoms with Gasteiger partial charge in [-0.1, -0.05) is 97.1 Å². The third-order valence-corrected chi connectivity index (χ3v) is 9.20. The molecular weight excluding hydrogens is 632 g/mol. The van der Waals surface area contributed by atoms with Crippen molar-refractivity contribution in [3.05, 3.63) is 131 Å². The molecule has 4 aromatic carbocycles. The van der Waals surface area contributed by atoms with Gasteiger partial charge in [-0.3, -0.25) is 19.2 Å². The topological polar surface area (TPSA) is 139 Å². The van der Waals surface area contributed by atoms with Gasteiger partial charge in [-0.15, -0.1) is 0 Å². The predicted molar refractivity (Wildman–Crippen MR) is 191 cm³/mol. The number of aliphatic hydroxyl groups excluding tert-OH is 2. The maximum Gasteiger partial charge on any atom is 0.256 e. The minimum atomic E-state index is -1.31. The number of hydrogen-bond acceptors (Lipinski definition) is 6. The minimum absolute atomic E-state index is 0.288. The van der Waals surface area contributed by atoms with Gasteiger partial charge in [0, 0.05) is 24.5 Å². The van der Waals surface area contributed by atoms with Crippen LogP contribution in [0.4, 0.5) is 11.4 Å². The lowest BCUT2D eigenvalue weighted by Crippen LogP contribution is -2.45. The van der Waals surface area contributed by atoms with Crippen molar-refractivity contribution in [1.29, 1.82) is 0 Å². The molecule has 0 bridgehead atoms. The second kappa shape index (κ2) is 15.8. The Bertz CT molecular complexity index is 1690. The van der Waals surface area contributed by atoms with Crippen LogP contribution in [0, 0.1) is 0 Å². The molecule has 4 aromatic rings. The second-order valence-corrected chi connectivity index (χ2v) is 12.6. The summed E-state index contributed by atoms with van der Waals surface area (Å²) in [5.74, 6) is -1.53. The molecule has 0 aliphatic carbocycles. The quantitative estimate of drug-likeness (QED) is 0.171. The van der Waals surface area contributed by atoms with Crippen molar-refractivity contribution in [3.63, 3.8) is 0 Å². The highest BCUT2D eigenvalue weighted by molar-refractivity contribution is 5.99. The fourth-order valence-corrected chi connectivity index (χ4v) is 6.47. The van der Waals surface area contributed by atoms with Crippen molar-refractivity contribution in [1.82, 2.24) is 9.80 Å². The molecule has 2 saturated heterocycles. The Hall–Kier alpha value is -5.58. The summed E-state index contributed by atoms with van der Waals surface area (Å²) in [5, 5.41) is 27.0. The number of aliphatic hydroxyl groups is 2. The van der Waals surface area contributed by atoms with Crippen molar-refractivity contribution in [2.75, 3.05) is 23.7 Å². The van der Waals surface area contributed by atoms with E-state index in [9.17, 15) is 29.4 Å². The van der Waals surface area contributed by atoms with Gasteiger partial charge in [0.25, 0.3) is 11.8 Å². The zero-order chi connectivity index (χ0) is 35.0. The summed E-state index contributed by atoms with van der Waals surface area (Å²) in [5.41, 5.74) is 4.02. The Labute approximate surface area is 291 Å². The summed E-state index contributed by atoms with van der Waals surface area (Å²) in [6.45, 7) is 0.830. The number of amides is 4. The number of nitrogens with zero attached hydrogens (tertiary/aromatic N) is 2. The van der Waals surface area contributed by atoms with Crippen LogP contribution >= 0.6 is 0 Å². The lowest BCUT2D eigenvalue weighted by Gasteiger charge is -2.26. The van der Waals surface area contributed by atoms with Crippen molar-refractivity contribution in [3.8, 4) is 0 Å². The molecule has 4 atom stereocenters. The minimum Gasteiger partial charge on any atom is -0.378 e. The van der Waals surface area contributed by atoms with Crippen LogP contribution in [0.2, 0.25) is 0 Å². The number of benzene rings is 4. The van der Waals surface area contributed by atoms with Crippen LogP contribution in [0.15, 0.2) is 109 Å². The third-order valence-electron chi connectivity index (χ3n) is 9.20. The zero-order valence-corrected chi connectivity index (χ0v) is 27.5. The number of rotatable bonds is 10. The SMILES string of the molecule is O=C(Nc1ccc(C=Cc2ccc(NC(=O)[C@@H]3CCCN3C(=O)[C@H](O)c3ccccc3)cc2)cc1)[C@@H]1CCCN1C(=O)[C@H](O)c1ccccc1. The number of anilines is 2. The molecule has 10 nitrogen and oxygen atoms in total. The molecule has 2 aliphatic heterocycles. The normalized spacial score (nSPS) is 18.5. The van der Waals surface area contributed by atoms with E-state index >= 15 is 0 Å². The molecule has 2 fully saturated rings. The van der Waals surface area contributed by atoms with Gasteiger partial charge in [0.05, 0.1) is 0 Å². The van der Waals surface area contributed by atoms with Gasteiger partial charge in [-0.2, -0.15) is 0 Å². The smallest absolute Gasteiger partial charge is 0.256 e. The van der Waals surface area contributed by atoms with E-state index in [-0.39, 0.29) is 11.8 Å². The molecule has 4 N–H and O–H groups in total. The molecule has 50 heavy (non-hydrogen) atoms. The van der Waals surface area contributed by atoms with Crippen LogP contribution in [-0.2, 0) is 19.2 Å². The first-order chi connectivity index (χ1) is 24.3. The molecule has 2 aliphatic rings. The lowest BCUT2D eigenvalue weighted by atomic mass is 10.1. The van der Waals surface area contributed by atoms with E-state index in [1.807, 2.05) is 48.6 Å². The summed E-state index contributed by atoms with van der Waals surface area (Å²) in [6, 6.07) is 30.8. The van der Waals surface area contributed by atoms with Crippen LogP contribution in [0.3, 0.4) is 0 Å². The van der Waals surface area contributed by atoms with Crippen LogP contribution in [0.1, 0.15) is 60.1 Å². The van der Waals surface area contributed by atoms with Gasteiger partial charge in [-0.05, 0) is 72.2 Å². The average Bonchev–Trinajstić information content (AvgIpc) is 3.86. The Morgan fingerprint density at radius 3 is 1.28 bits per heavy atom. The van der Waals surface area contributed by atoms with E-state index in [4.69, 9.17) is 0 Å². The summed E-state index contributed by atoms with van der Waals surface area (Å²) >= 11 is 0. The molecule has 6 rings (SSSR count). The fourth-order valence-electron chi connectivity index (χ4n) is 6.47. The first kappa shape index (κ1) is 34.3. The van der Waals surface area contributed by atoms with E-state index < -0.39 is 36.1 Å². The Balaban J connectivity index is 1.000. The Kier molecular flexibility index (Phi) is 10.8. The van der Waals surface area contributed by atoms with Crippen LogP contribution in [0.5, 0.6) is 0 Å². The lowest BCUT2D eigenvalue weighted by molar-refractivity contribution is -0.144. The molecule has 256 valence electrons. The number of nitrogens with one attached hydrogen (secondary N) is 2. The number of hydrogen-bond donors (Lipinski definition) is 4. The van der Waals surface area contributed by atoms with E-state index in [0.717, 1.165) is 11.1 Å². The first-order valence-corrected chi connectivity index (χ1v) is 16.9. The summed E-state index contributed by atoms with van der Waals surface area (Å²) in [4.78, 5) is 55.2. The monoisotopic (exact) mass is 672 g/mol. The van der Waals surface area contributed by atoms with Crippen molar-refractivity contribution < 1.29 is 29.4 Å². The van der Waals surface area contributed by atoms with Crippen molar-refractivity contribution in [2.45, 2.75) is 50.0 Å². The largest absolute Gasteiger partial charge is 0.378 e. The van der Waals surface area contributed by atoms with Crippen LogP contribution in [0.25, 0.3) is 12.2 Å². The highest BCUT2D eigenvalue weighted by atomic mass is 16.3. The number of carbonyl (C=O) groups excluding carboxylic acids is 4. The van der Waals surface area contributed by atoms with Crippen LogP contribution in [-0.4, -0.2) is 68.8 Å². The van der Waals surface area contributed by atoms with E-state index in [1.165, 1.54) is 9.80 Å². The van der Waals surface area contributed by atoms with E-state index in [2.05, 4.69) is 10.6 Å². The van der Waals surface area contributed by atoms with Gasteiger partial charge in [-0.25, -0.2) is 0 Å². The molecule has 0 radical (unpaired) electrons. The van der Waals surface area contributed by atoms with E-state index in [0.29, 0.717) is 61.3 Å². The van der Waals surface area contributed by atoms with Gasteiger partial charge >= 0.3 is 0 Å². The number of likely N-dealkylation sites (tertiary alicyclic amines) is 2. The van der Waals surface area contributed by atoms with Crippen molar-refractivity contribution >= 4 is 47.2 Å². The maximum absolute atomic E-state index is 13.1. The molecule has 2 heterocycles. The fraction of sp³-hybridized carbons (Fsp3) is 0.250. The summed E-state index contributed by atoms with van der Waals surface area (Å²) in [6.07, 6.45) is 3.66. The van der Waals surface area contributed by atoms with Crippen LogP contribution < -0.4 is 10.6 Å². The number of carbonyl (C=O) groups is 4. The Morgan fingerprint density at radius 2 is 0.920 bits per heavy atom. The molecule has 0 aromatic heterocycles. The first-order valence-electron chi connectivity index (χ1n) is 16.9. The second-order valence-electron chi connectivity index (χ2n) is 12.6. The average molecular weight is 673 g/mol. The highest BCUT2D eigenvalue weighted by Gasteiger charge is 2.38. The Morgan fingerprint density at radius 1 is 0.560 bits per heavy atom. The van der Waals surface area contributed by atoms with Gasteiger partial charge in [0.15, 0.2) is 12.2 Å². The zero-order valence-electron chi connectivity index (χ0n) is 27.5.